The van der Waals surface area contributed by atoms with Crippen molar-refractivity contribution in [3.8, 4) is 0 Å². The van der Waals surface area contributed by atoms with Crippen molar-refractivity contribution in [3.05, 3.63) is 35.4 Å². The van der Waals surface area contributed by atoms with Gasteiger partial charge in [0.25, 0.3) is 0 Å². The van der Waals surface area contributed by atoms with Crippen LogP contribution in [-0.4, -0.2) is 50.8 Å². The summed E-state index contributed by atoms with van der Waals surface area (Å²) in [5, 5.41) is 0. The van der Waals surface area contributed by atoms with Gasteiger partial charge < -0.3 is 14.4 Å². The molecular weight excluding hydrogens is 278 g/mol. The highest BCUT2D eigenvalue weighted by atomic mass is 16.5. The quantitative estimate of drug-likeness (QED) is 0.726. The summed E-state index contributed by atoms with van der Waals surface area (Å²) in [5.74, 6) is 0.809. The van der Waals surface area contributed by atoms with E-state index in [1.54, 1.807) is 7.11 Å². The lowest BCUT2D eigenvalue weighted by Gasteiger charge is -2.32. The minimum Gasteiger partial charge on any atom is -0.382 e. The van der Waals surface area contributed by atoms with Crippen LogP contribution in [0.25, 0.3) is 0 Å². The molecule has 1 aliphatic rings. The van der Waals surface area contributed by atoms with E-state index in [9.17, 15) is 4.79 Å². The molecule has 0 aliphatic carbocycles. The van der Waals surface area contributed by atoms with E-state index in [2.05, 4.69) is 19.1 Å². The number of likely N-dealkylation sites (tertiary alicyclic amines) is 1. The predicted molar refractivity (Wildman–Crippen MR) is 86.9 cm³/mol. The van der Waals surface area contributed by atoms with Gasteiger partial charge in [0.2, 0.25) is 5.91 Å². The minimum atomic E-state index is 0.240. The van der Waals surface area contributed by atoms with Crippen LogP contribution in [0.15, 0.2) is 24.3 Å². The maximum atomic E-state index is 12.4. The topological polar surface area (TPSA) is 38.8 Å². The standard InChI is InChI=1S/C18H27NO3/c1-15-4-3-5-17(12-15)13-18(20)19-8-6-16(7-9-19)14-22-11-10-21-2/h3-5,12,16H,6-11,13-14H2,1-2H3. The van der Waals surface area contributed by atoms with Crippen LogP contribution in [0.1, 0.15) is 24.0 Å². The van der Waals surface area contributed by atoms with E-state index in [1.807, 2.05) is 17.0 Å². The largest absolute Gasteiger partial charge is 0.382 e. The fourth-order valence-electron chi connectivity index (χ4n) is 2.85. The van der Waals surface area contributed by atoms with Crippen LogP contribution >= 0.6 is 0 Å². The normalized spacial score (nSPS) is 16.0. The van der Waals surface area contributed by atoms with Crippen LogP contribution in [0.2, 0.25) is 0 Å². The highest BCUT2D eigenvalue weighted by molar-refractivity contribution is 5.78. The van der Waals surface area contributed by atoms with E-state index in [1.165, 1.54) is 5.56 Å². The maximum absolute atomic E-state index is 12.4. The maximum Gasteiger partial charge on any atom is 0.226 e. The Morgan fingerprint density at radius 2 is 2.05 bits per heavy atom. The molecule has 4 nitrogen and oxygen atoms in total. The molecule has 1 amide bonds. The summed E-state index contributed by atoms with van der Waals surface area (Å²) in [5.41, 5.74) is 2.31. The first kappa shape index (κ1) is 17.0. The van der Waals surface area contributed by atoms with Crippen molar-refractivity contribution in [2.24, 2.45) is 5.92 Å². The van der Waals surface area contributed by atoms with Crippen molar-refractivity contribution < 1.29 is 14.3 Å². The first-order chi connectivity index (χ1) is 10.7. The fraction of sp³-hybridized carbons (Fsp3) is 0.611. The molecule has 22 heavy (non-hydrogen) atoms. The van der Waals surface area contributed by atoms with E-state index in [0.717, 1.165) is 38.1 Å². The van der Waals surface area contributed by atoms with Gasteiger partial charge in [-0.3, -0.25) is 4.79 Å². The number of amides is 1. The Hall–Kier alpha value is -1.39. The zero-order valence-electron chi connectivity index (χ0n) is 13.7. The molecule has 2 rings (SSSR count). The molecular formula is C18H27NO3. The van der Waals surface area contributed by atoms with Gasteiger partial charge in [0, 0.05) is 26.8 Å². The number of ether oxygens (including phenoxy) is 2. The van der Waals surface area contributed by atoms with Crippen molar-refractivity contribution in [2.75, 3.05) is 40.0 Å². The third-order valence-electron chi connectivity index (χ3n) is 4.19. The molecule has 1 fully saturated rings. The van der Waals surface area contributed by atoms with Gasteiger partial charge in [0.15, 0.2) is 0 Å². The first-order valence-electron chi connectivity index (χ1n) is 8.09. The van der Waals surface area contributed by atoms with Gasteiger partial charge in [-0.05, 0) is 31.2 Å². The fourth-order valence-corrected chi connectivity index (χ4v) is 2.85. The lowest BCUT2D eigenvalue weighted by Crippen LogP contribution is -2.40. The summed E-state index contributed by atoms with van der Waals surface area (Å²) in [4.78, 5) is 14.4. The summed E-state index contributed by atoms with van der Waals surface area (Å²) in [6.45, 7) is 5.84. The van der Waals surface area contributed by atoms with Crippen LogP contribution in [0.5, 0.6) is 0 Å². The van der Waals surface area contributed by atoms with Crippen LogP contribution < -0.4 is 0 Å². The Bertz CT molecular complexity index is 467. The number of carbonyl (C=O) groups excluding carboxylic acids is 1. The third-order valence-corrected chi connectivity index (χ3v) is 4.19. The predicted octanol–water partition coefficient (Wildman–Crippen LogP) is 2.44. The number of methoxy groups -OCH3 is 1. The summed E-state index contributed by atoms with van der Waals surface area (Å²) in [7, 11) is 1.68. The molecule has 1 aromatic carbocycles. The van der Waals surface area contributed by atoms with Gasteiger partial charge in [0.05, 0.1) is 19.6 Å². The van der Waals surface area contributed by atoms with E-state index < -0.39 is 0 Å². The molecule has 1 heterocycles. The molecule has 1 saturated heterocycles. The Balaban J connectivity index is 1.71. The third kappa shape index (κ3) is 5.43. The van der Waals surface area contributed by atoms with Gasteiger partial charge in [-0.2, -0.15) is 0 Å². The molecule has 0 unspecified atom stereocenters. The lowest BCUT2D eigenvalue weighted by atomic mass is 9.97. The Morgan fingerprint density at radius 1 is 1.27 bits per heavy atom. The highest BCUT2D eigenvalue weighted by Gasteiger charge is 2.22. The second-order valence-electron chi connectivity index (χ2n) is 6.06. The molecule has 1 aliphatic heterocycles. The number of benzene rings is 1. The molecule has 1 aromatic rings. The molecule has 0 atom stereocenters. The summed E-state index contributed by atoms with van der Waals surface area (Å²) >= 11 is 0. The summed E-state index contributed by atoms with van der Waals surface area (Å²) in [6.07, 6.45) is 2.58. The number of piperidine rings is 1. The molecule has 0 radical (unpaired) electrons. The number of rotatable bonds is 7. The summed E-state index contributed by atoms with van der Waals surface area (Å²) < 4.78 is 10.6. The SMILES string of the molecule is COCCOCC1CCN(C(=O)Cc2cccc(C)c2)CC1. The second kappa shape index (κ2) is 8.91. The molecule has 0 aromatic heterocycles. The minimum absolute atomic E-state index is 0.240. The monoisotopic (exact) mass is 305 g/mol. The smallest absolute Gasteiger partial charge is 0.226 e. The van der Waals surface area contributed by atoms with Crippen LogP contribution in [0.3, 0.4) is 0 Å². The first-order valence-corrected chi connectivity index (χ1v) is 8.09. The zero-order valence-corrected chi connectivity index (χ0v) is 13.7. The van der Waals surface area contributed by atoms with Crippen molar-refractivity contribution in [1.82, 2.24) is 4.90 Å². The average Bonchev–Trinajstić information content (AvgIpc) is 2.52. The van der Waals surface area contributed by atoms with Gasteiger partial charge in [-0.15, -0.1) is 0 Å². The van der Waals surface area contributed by atoms with Crippen molar-refractivity contribution in [1.29, 1.82) is 0 Å². The van der Waals surface area contributed by atoms with Gasteiger partial charge in [0.1, 0.15) is 0 Å². The molecule has 0 saturated carbocycles. The number of nitrogens with zero attached hydrogens (tertiary/aromatic N) is 1. The highest BCUT2D eigenvalue weighted by Crippen LogP contribution is 2.18. The Kier molecular flexibility index (Phi) is 6.87. The van der Waals surface area contributed by atoms with E-state index in [4.69, 9.17) is 9.47 Å². The second-order valence-corrected chi connectivity index (χ2v) is 6.06. The van der Waals surface area contributed by atoms with Gasteiger partial charge in [-0.25, -0.2) is 0 Å². The molecule has 4 heteroatoms. The Labute approximate surface area is 133 Å². The molecule has 0 bridgehead atoms. The zero-order chi connectivity index (χ0) is 15.8. The van der Waals surface area contributed by atoms with E-state index in [-0.39, 0.29) is 5.91 Å². The number of aryl methyl sites for hydroxylation is 1. The van der Waals surface area contributed by atoms with Crippen LogP contribution in [-0.2, 0) is 20.7 Å². The van der Waals surface area contributed by atoms with E-state index in [0.29, 0.717) is 25.6 Å². The average molecular weight is 305 g/mol. The Morgan fingerprint density at radius 3 is 2.73 bits per heavy atom. The van der Waals surface area contributed by atoms with Crippen molar-refractivity contribution in [3.63, 3.8) is 0 Å². The van der Waals surface area contributed by atoms with Gasteiger partial charge in [-0.1, -0.05) is 29.8 Å². The lowest BCUT2D eigenvalue weighted by molar-refractivity contribution is -0.132. The van der Waals surface area contributed by atoms with Gasteiger partial charge >= 0.3 is 0 Å². The van der Waals surface area contributed by atoms with Crippen molar-refractivity contribution >= 4 is 5.91 Å². The van der Waals surface area contributed by atoms with Crippen molar-refractivity contribution in [2.45, 2.75) is 26.2 Å². The number of hydrogen-bond acceptors (Lipinski definition) is 3. The van der Waals surface area contributed by atoms with Crippen LogP contribution in [0, 0.1) is 12.8 Å². The number of carbonyl (C=O) groups is 1. The molecule has 122 valence electrons. The number of hydrogen-bond donors (Lipinski definition) is 0. The summed E-state index contributed by atoms with van der Waals surface area (Å²) in [6, 6.07) is 8.19. The molecule has 0 spiro atoms. The van der Waals surface area contributed by atoms with E-state index >= 15 is 0 Å². The van der Waals surface area contributed by atoms with Crippen LogP contribution in [0.4, 0.5) is 0 Å². The molecule has 0 N–H and O–H groups in total.